The number of nitrogens with two attached hydrogens (primary N) is 1. The number of hydrogen-bond donors (Lipinski definition) is 1. The molecule has 2 atom stereocenters. The van der Waals surface area contributed by atoms with Crippen molar-refractivity contribution < 1.29 is 18.0 Å². The van der Waals surface area contributed by atoms with E-state index in [1.165, 1.54) is 17.0 Å². The molecule has 0 aromatic heterocycles. The largest absolute Gasteiger partial charge is 0.416 e. The van der Waals surface area contributed by atoms with Gasteiger partial charge in [0.25, 0.3) is 0 Å². The van der Waals surface area contributed by atoms with Gasteiger partial charge in [0.15, 0.2) is 0 Å². The third kappa shape index (κ3) is 2.68. The molecule has 1 saturated heterocycles. The minimum atomic E-state index is -4.48. The molecular weight excluding hydrogens is 329 g/mol. The van der Waals surface area contributed by atoms with Crippen molar-refractivity contribution in [2.75, 3.05) is 4.90 Å². The van der Waals surface area contributed by atoms with Gasteiger partial charge in [0.2, 0.25) is 5.91 Å². The number of hydrogen-bond acceptors (Lipinski definition) is 2. The van der Waals surface area contributed by atoms with Crippen LogP contribution in [0.1, 0.15) is 17.2 Å². The van der Waals surface area contributed by atoms with Crippen LogP contribution in [-0.2, 0) is 11.0 Å². The van der Waals surface area contributed by atoms with Crippen LogP contribution in [0.3, 0.4) is 0 Å². The van der Waals surface area contributed by atoms with Crippen molar-refractivity contribution in [2.24, 2.45) is 5.73 Å². The van der Waals surface area contributed by atoms with Crippen LogP contribution in [0.4, 0.5) is 18.9 Å². The second-order valence-electron chi connectivity index (χ2n) is 5.25. The molecular formula is C16H12ClF3N2O. The van der Waals surface area contributed by atoms with E-state index >= 15 is 0 Å². The summed E-state index contributed by atoms with van der Waals surface area (Å²) in [4.78, 5) is 13.3. The van der Waals surface area contributed by atoms with Crippen LogP contribution in [0.25, 0.3) is 0 Å². The van der Waals surface area contributed by atoms with Gasteiger partial charge in [0, 0.05) is 10.7 Å². The maximum absolute atomic E-state index is 12.9. The molecule has 1 heterocycles. The topological polar surface area (TPSA) is 46.3 Å². The van der Waals surface area contributed by atoms with Crippen LogP contribution in [0.5, 0.6) is 0 Å². The number of β-lactam (4-membered cyclic amide) rings is 1. The van der Waals surface area contributed by atoms with Crippen molar-refractivity contribution in [1.29, 1.82) is 0 Å². The van der Waals surface area contributed by atoms with Gasteiger partial charge in [0.05, 0.1) is 11.6 Å². The standard InChI is InChI=1S/C16H12ClF3N2O/c17-12-7-2-1-6-11(12)14-13(21)15(23)22(14)10-5-3-4-9(8-10)16(18,19)20/h1-8,13-14H,21H2/t13-,14+/m1/s1. The summed E-state index contributed by atoms with van der Waals surface area (Å²) in [7, 11) is 0. The first-order chi connectivity index (χ1) is 10.8. The summed E-state index contributed by atoms with van der Waals surface area (Å²) in [5, 5.41) is 0.414. The molecule has 0 saturated carbocycles. The second kappa shape index (κ2) is 5.54. The summed E-state index contributed by atoms with van der Waals surface area (Å²) in [5.74, 6) is -0.436. The highest BCUT2D eigenvalue weighted by Crippen LogP contribution is 2.42. The molecule has 2 aromatic carbocycles. The number of carbonyl (C=O) groups excluding carboxylic acids is 1. The zero-order valence-electron chi connectivity index (χ0n) is 11.7. The lowest BCUT2D eigenvalue weighted by molar-refractivity contribution is -0.137. The Morgan fingerprint density at radius 2 is 1.78 bits per heavy atom. The van der Waals surface area contributed by atoms with Crippen molar-refractivity contribution in [3.63, 3.8) is 0 Å². The highest BCUT2D eigenvalue weighted by atomic mass is 35.5. The number of rotatable bonds is 2. The number of anilines is 1. The Labute approximate surface area is 135 Å². The van der Waals surface area contributed by atoms with Gasteiger partial charge in [-0.2, -0.15) is 13.2 Å². The lowest BCUT2D eigenvalue weighted by Gasteiger charge is -2.46. The Balaban J connectivity index is 2.02. The van der Waals surface area contributed by atoms with Gasteiger partial charge in [-0.3, -0.25) is 4.79 Å². The van der Waals surface area contributed by atoms with Crippen molar-refractivity contribution >= 4 is 23.2 Å². The first-order valence-electron chi connectivity index (χ1n) is 6.81. The Hall–Kier alpha value is -2.05. The summed E-state index contributed by atoms with van der Waals surface area (Å²) in [6, 6.07) is 10.0. The molecule has 3 nitrogen and oxygen atoms in total. The zero-order valence-corrected chi connectivity index (χ0v) is 12.5. The van der Waals surface area contributed by atoms with Gasteiger partial charge >= 0.3 is 6.18 Å². The number of nitrogens with zero attached hydrogens (tertiary/aromatic N) is 1. The minimum Gasteiger partial charge on any atom is -0.318 e. The number of carbonyl (C=O) groups is 1. The first kappa shape index (κ1) is 15.8. The molecule has 120 valence electrons. The van der Waals surface area contributed by atoms with Gasteiger partial charge in [-0.1, -0.05) is 35.9 Å². The van der Waals surface area contributed by atoms with Crippen LogP contribution < -0.4 is 10.6 Å². The summed E-state index contributed by atoms with van der Waals surface area (Å²) in [5.41, 5.74) is 5.79. The Kier molecular flexibility index (Phi) is 3.82. The fraction of sp³-hybridized carbons (Fsp3) is 0.188. The predicted octanol–water partition coefficient (Wildman–Crippen LogP) is 3.77. The molecule has 0 aliphatic carbocycles. The fourth-order valence-electron chi connectivity index (χ4n) is 2.68. The number of amides is 1. The quantitative estimate of drug-likeness (QED) is 0.846. The smallest absolute Gasteiger partial charge is 0.318 e. The summed E-state index contributed by atoms with van der Waals surface area (Å²) < 4.78 is 38.6. The molecule has 1 aliphatic heterocycles. The highest BCUT2D eigenvalue weighted by molar-refractivity contribution is 6.31. The summed E-state index contributed by atoms with van der Waals surface area (Å²) in [6.45, 7) is 0. The van der Waals surface area contributed by atoms with E-state index in [0.717, 1.165) is 12.1 Å². The normalized spacial score (nSPS) is 21.3. The van der Waals surface area contributed by atoms with E-state index < -0.39 is 29.7 Å². The SMILES string of the molecule is N[C@H]1C(=O)N(c2cccc(C(F)(F)F)c2)[C@H]1c1ccccc1Cl. The number of alkyl halides is 3. The van der Waals surface area contributed by atoms with Gasteiger partial charge in [-0.25, -0.2) is 0 Å². The number of halogens is 4. The van der Waals surface area contributed by atoms with E-state index in [4.69, 9.17) is 17.3 Å². The highest BCUT2D eigenvalue weighted by Gasteiger charge is 2.47. The third-order valence-electron chi connectivity index (χ3n) is 3.82. The maximum Gasteiger partial charge on any atom is 0.416 e. The van der Waals surface area contributed by atoms with E-state index in [0.29, 0.717) is 10.6 Å². The third-order valence-corrected chi connectivity index (χ3v) is 4.16. The van der Waals surface area contributed by atoms with Crippen molar-refractivity contribution in [2.45, 2.75) is 18.3 Å². The summed E-state index contributed by atoms with van der Waals surface area (Å²) >= 11 is 6.13. The van der Waals surface area contributed by atoms with E-state index in [1.54, 1.807) is 24.3 Å². The van der Waals surface area contributed by atoms with Crippen molar-refractivity contribution in [3.05, 3.63) is 64.7 Å². The zero-order chi connectivity index (χ0) is 16.8. The lowest BCUT2D eigenvalue weighted by atomic mass is 9.88. The first-order valence-corrected chi connectivity index (χ1v) is 7.19. The Bertz CT molecular complexity index is 763. The van der Waals surface area contributed by atoms with Gasteiger partial charge in [0.1, 0.15) is 6.04 Å². The van der Waals surface area contributed by atoms with E-state index in [1.807, 2.05) is 0 Å². The van der Waals surface area contributed by atoms with Crippen molar-refractivity contribution in [1.82, 2.24) is 0 Å². The molecule has 7 heteroatoms. The number of benzene rings is 2. The average molecular weight is 341 g/mol. The van der Waals surface area contributed by atoms with Crippen LogP contribution in [-0.4, -0.2) is 11.9 Å². The molecule has 1 fully saturated rings. The second-order valence-corrected chi connectivity index (χ2v) is 5.66. The fourth-order valence-corrected chi connectivity index (χ4v) is 2.93. The maximum atomic E-state index is 12.9. The predicted molar refractivity (Wildman–Crippen MR) is 81.1 cm³/mol. The lowest BCUT2D eigenvalue weighted by Crippen LogP contribution is -2.63. The van der Waals surface area contributed by atoms with Crippen LogP contribution in [0.2, 0.25) is 5.02 Å². The molecule has 0 radical (unpaired) electrons. The minimum absolute atomic E-state index is 0.149. The van der Waals surface area contributed by atoms with Crippen LogP contribution in [0, 0.1) is 0 Å². The molecule has 2 N–H and O–H groups in total. The van der Waals surface area contributed by atoms with Crippen LogP contribution in [0.15, 0.2) is 48.5 Å². The van der Waals surface area contributed by atoms with Gasteiger partial charge < -0.3 is 10.6 Å². The van der Waals surface area contributed by atoms with E-state index in [2.05, 4.69) is 0 Å². The summed E-state index contributed by atoms with van der Waals surface area (Å²) in [6.07, 6.45) is -4.48. The molecule has 1 aliphatic rings. The molecule has 1 amide bonds. The molecule has 0 unspecified atom stereocenters. The van der Waals surface area contributed by atoms with Gasteiger partial charge in [-0.05, 0) is 29.8 Å². The van der Waals surface area contributed by atoms with E-state index in [9.17, 15) is 18.0 Å². The monoisotopic (exact) mass is 340 g/mol. The van der Waals surface area contributed by atoms with E-state index in [-0.39, 0.29) is 5.69 Å². The molecule has 23 heavy (non-hydrogen) atoms. The molecule has 0 spiro atoms. The van der Waals surface area contributed by atoms with Crippen molar-refractivity contribution in [3.8, 4) is 0 Å². The molecule has 3 rings (SSSR count). The van der Waals surface area contributed by atoms with Crippen LogP contribution >= 0.6 is 11.6 Å². The Morgan fingerprint density at radius 1 is 1.09 bits per heavy atom. The molecule has 0 bridgehead atoms. The molecule has 2 aromatic rings. The van der Waals surface area contributed by atoms with Gasteiger partial charge in [-0.15, -0.1) is 0 Å². The Morgan fingerprint density at radius 3 is 2.43 bits per heavy atom. The average Bonchev–Trinajstić information content (AvgIpc) is 2.52.